The molecule has 0 saturated carbocycles. The zero-order valence-corrected chi connectivity index (χ0v) is 21.8. The van der Waals surface area contributed by atoms with Crippen LogP contribution in [0.25, 0.3) is 0 Å². The molecule has 1 aromatic rings. The number of carbonyl (C=O) groups is 2. The summed E-state index contributed by atoms with van der Waals surface area (Å²) in [4.78, 5) is 29.9. The lowest BCUT2D eigenvalue weighted by atomic mass is 9.86. The van der Waals surface area contributed by atoms with Crippen LogP contribution >= 0.6 is 0 Å². The number of esters is 1. The third-order valence-electron chi connectivity index (χ3n) is 6.45. The minimum Gasteiger partial charge on any atom is -0.460 e. The molecular formula is C27H43N3O4. The van der Waals surface area contributed by atoms with Gasteiger partial charge in [0.1, 0.15) is 11.2 Å². The van der Waals surface area contributed by atoms with Crippen LogP contribution < -0.4 is 10.6 Å². The number of nitrogens with two attached hydrogens (primary N) is 1. The van der Waals surface area contributed by atoms with Crippen LogP contribution in [0.4, 0.5) is 10.5 Å². The van der Waals surface area contributed by atoms with Crippen LogP contribution in [0.1, 0.15) is 66.4 Å². The molecule has 3 rings (SSSR count). The summed E-state index contributed by atoms with van der Waals surface area (Å²) < 4.78 is 11.3. The largest absolute Gasteiger partial charge is 0.460 e. The summed E-state index contributed by atoms with van der Waals surface area (Å²) in [6.45, 7) is 14.3. The third-order valence-corrected chi connectivity index (χ3v) is 6.45. The fourth-order valence-corrected chi connectivity index (χ4v) is 4.68. The zero-order chi connectivity index (χ0) is 25.1. The summed E-state index contributed by atoms with van der Waals surface area (Å²) in [5.74, 6) is -0.478. The molecular weight excluding hydrogens is 430 g/mol. The molecule has 34 heavy (non-hydrogen) atoms. The molecule has 7 heteroatoms. The maximum atomic E-state index is 13.2. The van der Waals surface area contributed by atoms with E-state index >= 15 is 0 Å². The first-order valence-electron chi connectivity index (χ1n) is 12.6. The van der Waals surface area contributed by atoms with Crippen molar-refractivity contribution in [1.29, 1.82) is 0 Å². The van der Waals surface area contributed by atoms with E-state index in [1.54, 1.807) is 4.90 Å². The topological polar surface area (TPSA) is 85.1 Å². The fourth-order valence-electron chi connectivity index (χ4n) is 4.68. The maximum absolute atomic E-state index is 13.2. The molecule has 190 valence electrons. The molecule has 0 radical (unpaired) electrons. The molecule has 1 aromatic carbocycles. The second-order valence-corrected chi connectivity index (χ2v) is 11.8. The number of ether oxygens (including phenoxy) is 2. The van der Waals surface area contributed by atoms with E-state index in [1.165, 1.54) is 5.69 Å². The Morgan fingerprint density at radius 1 is 0.941 bits per heavy atom. The first kappa shape index (κ1) is 26.3. The monoisotopic (exact) mass is 473 g/mol. The number of benzene rings is 1. The molecule has 7 nitrogen and oxygen atoms in total. The number of hydrogen-bond donors (Lipinski definition) is 1. The molecule has 2 heterocycles. The third kappa shape index (κ3) is 7.62. The Morgan fingerprint density at radius 2 is 1.53 bits per heavy atom. The van der Waals surface area contributed by atoms with Crippen molar-refractivity contribution in [2.24, 2.45) is 17.6 Å². The van der Waals surface area contributed by atoms with Crippen molar-refractivity contribution >= 4 is 17.7 Å². The molecule has 2 N–H and O–H groups in total. The van der Waals surface area contributed by atoms with Gasteiger partial charge in [-0.05, 0) is 90.8 Å². The van der Waals surface area contributed by atoms with Gasteiger partial charge in [0.2, 0.25) is 0 Å². The minimum atomic E-state index is -0.558. The highest BCUT2D eigenvalue weighted by Gasteiger charge is 2.39. The number of piperidine rings is 1. The molecule has 0 aromatic heterocycles. The highest BCUT2D eigenvalue weighted by Crippen LogP contribution is 2.31. The number of hydrogen-bond acceptors (Lipinski definition) is 6. The number of amides is 1. The van der Waals surface area contributed by atoms with E-state index in [4.69, 9.17) is 15.2 Å². The van der Waals surface area contributed by atoms with Crippen LogP contribution in [0.5, 0.6) is 0 Å². The standard InChI is InChI=1S/C27H43N3O4/c1-26(2,3)33-24(31)23(20-11-14-30(18-20)25(32)34-27(4,5)6)17-19-7-9-22(10-8-19)29-15-12-21(28)13-16-29/h7-10,20-21,23H,11-18,28H2,1-6H3/t20-,23-/m0/s1. The van der Waals surface area contributed by atoms with Crippen LogP contribution in [0.15, 0.2) is 24.3 Å². The first-order valence-corrected chi connectivity index (χ1v) is 12.6. The van der Waals surface area contributed by atoms with Crippen molar-refractivity contribution in [1.82, 2.24) is 4.90 Å². The van der Waals surface area contributed by atoms with Crippen LogP contribution in [0.2, 0.25) is 0 Å². The summed E-state index contributed by atoms with van der Waals surface area (Å²) in [7, 11) is 0. The Kier molecular flexibility index (Phi) is 8.17. The van der Waals surface area contributed by atoms with Crippen molar-refractivity contribution in [3.05, 3.63) is 29.8 Å². The predicted molar refractivity (Wildman–Crippen MR) is 135 cm³/mol. The smallest absolute Gasteiger partial charge is 0.410 e. The number of anilines is 1. The molecule has 0 bridgehead atoms. The predicted octanol–water partition coefficient (Wildman–Crippen LogP) is 4.37. The second kappa shape index (κ2) is 10.5. The van der Waals surface area contributed by atoms with Gasteiger partial charge in [-0.3, -0.25) is 4.79 Å². The Morgan fingerprint density at radius 3 is 2.09 bits per heavy atom. The van der Waals surface area contributed by atoms with Crippen molar-refractivity contribution < 1.29 is 19.1 Å². The normalized spacial score (nSPS) is 20.9. The SMILES string of the molecule is CC(C)(C)OC(=O)[C@@H](Cc1ccc(N2CCC(N)CC2)cc1)[C@H]1CCN(C(=O)OC(C)(C)C)C1. The van der Waals surface area contributed by atoms with E-state index in [0.29, 0.717) is 25.6 Å². The highest BCUT2D eigenvalue weighted by atomic mass is 16.6. The van der Waals surface area contributed by atoms with Gasteiger partial charge in [0.25, 0.3) is 0 Å². The van der Waals surface area contributed by atoms with Gasteiger partial charge in [0.15, 0.2) is 0 Å². The van der Waals surface area contributed by atoms with Crippen molar-refractivity contribution in [2.75, 3.05) is 31.1 Å². The highest BCUT2D eigenvalue weighted by molar-refractivity contribution is 5.74. The van der Waals surface area contributed by atoms with Gasteiger partial charge >= 0.3 is 12.1 Å². The van der Waals surface area contributed by atoms with Crippen molar-refractivity contribution in [2.45, 2.75) is 84.5 Å². The lowest BCUT2D eigenvalue weighted by Gasteiger charge is -2.32. The molecule has 2 atom stereocenters. The van der Waals surface area contributed by atoms with Gasteiger partial charge in [-0.1, -0.05) is 12.1 Å². The molecule has 2 fully saturated rings. The van der Waals surface area contributed by atoms with E-state index < -0.39 is 11.2 Å². The molecule has 2 aliphatic rings. The number of carbonyl (C=O) groups excluding carboxylic acids is 2. The summed E-state index contributed by atoms with van der Waals surface area (Å²) >= 11 is 0. The van der Waals surface area contributed by atoms with Crippen molar-refractivity contribution in [3.63, 3.8) is 0 Å². The van der Waals surface area contributed by atoms with Crippen molar-refractivity contribution in [3.8, 4) is 0 Å². The van der Waals surface area contributed by atoms with E-state index in [-0.39, 0.29) is 23.9 Å². The average Bonchev–Trinajstić information content (AvgIpc) is 3.21. The van der Waals surface area contributed by atoms with E-state index in [1.807, 2.05) is 41.5 Å². The van der Waals surface area contributed by atoms with Gasteiger partial charge in [-0.25, -0.2) is 4.79 Å². The van der Waals surface area contributed by atoms with Gasteiger partial charge in [0, 0.05) is 37.9 Å². The lowest BCUT2D eigenvalue weighted by Crippen LogP contribution is -2.39. The van der Waals surface area contributed by atoms with Crippen LogP contribution in [0.3, 0.4) is 0 Å². The summed E-state index contributed by atoms with van der Waals surface area (Å²) in [5.41, 5.74) is 7.24. The molecule has 0 unspecified atom stereocenters. The average molecular weight is 474 g/mol. The Labute approximate surface area is 204 Å². The summed E-state index contributed by atoms with van der Waals surface area (Å²) in [6, 6.07) is 8.81. The fraction of sp³-hybridized carbons (Fsp3) is 0.704. The lowest BCUT2D eigenvalue weighted by molar-refractivity contribution is -0.161. The van der Waals surface area contributed by atoms with E-state index in [9.17, 15) is 9.59 Å². The quantitative estimate of drug-likeness (QED) is 0.639. The summed E-state index contributed by atoms with van der Waals surface area (Å²) in [5, 5.41) is 0. The van der Waals surface area contributed by atoms with Gasteiger partial charge in [-0.15, -0.1) is 0 Å². The van der Waals surface area contributed by atoms with Crippen LogP contribution in [-0.4, -0.2) is 60.4 Å². The Hall–Kier alpha value is -2.28. The number of nitrogens with zero attached hydrogens (tertiary/aromatic N) is 2. The minimum absolute atomic E-state index is 0.0330. The van der Waals surface area contributed by atoms with Crippen LogP contribution in [-0.2, 0) is 20.7 Å². The molecule has 1 amide bonds. The van der Waals surface area contributed by atoms with Gasteiger partial charge in [-0.2, -0.15) is 0 Å². The van der Waals surface area contributed by atoms with E-state index in [0.717, 1.165) is 37.9 Å². The van der Waals surface area contributed by atoms with Gasteiger partial charge in [0.05, 0.1) is 5.92 Å². The second-order valence-electron chi connectivity index (χ2n) is 11.8. The van der Waals surface area contributed by atoms with E-state index in [2.05, 4.69) is 29.2 Å². The van der Waals surface area contributed by atoms with Crippen LogP contribution in [0, 0.1) is 11.8 Å². The maximum Gasteiger partial charge on any atom is 0.410 e. The zero-order valence-electron chi connectivity index (χ0n) is 21.8. The Balaban J connectivity index is 1.70. The molecule has 2 aliphatic heterocycles. The Bertz CT molecular complexity index is 833. The summed E-state index contributed by atoms with van der Waals surface area (Å²) in [6.07, 6.45) is 3.06. The molecule has 0 spiro atoms. The number of rotatable bonds is 5. The molecule has 0 aliphatic carbocycles. The van der Waals surface area contributed by atoms with Gasteiger partial charge < -0.3 is 25.0 Å². The first-order chi connectivity index (χ1) is 15.8. The number of likely N-dealkylation sites (tertiary alicyclic amines) is 1. The molecule has 2 saturated heterocycles.